The summed E-state index contributed by atoms with van der Waals surface area (Å²) in [7, 11) is 1.96. The summed E-state index contributed by atoms with van der Waals surface area (Å²) in [5.41, 5.74) is 2.22. The van der Waals surface area contributed by atoms with E-state index >= 15 is 0 Å². The Labute approximate surface area is 107 Å². The summed E-state index contributed by atoms with van der Waals surface area (Å²) >= 11 is 0. The van der Waals surface area contributed by atoms with Gasteiger partial charge in [-0.2, -0.15) is 0 Å². The normalized spacial score (nSPS) is 16.8. The van der Waals surface area contributed by atoms with E-state index in [1.165, 1.54) is 5.56 Å². The van der Waals surface area contributed by atoms with Crippen molar-refractivity contribution >= 4 is 5.69 Å². The Kier molecular flexibility index (Phi) is 2.90. The Balaban J connectivity index is 2.08. The molecule has 0 aliphatic carbocycles. The summed E-state index contributed by atoms with van der Waals surface area (Å²) < 4.78 is 5.99. The molecule has 1 heterocycles. The molecular formula is C15H16N2O. The zero-order valence-corrected chi connectivity index (χ0v) is 10.3. The van der Waals surface area contributed by atoms with Crippen LogP contribution in [-0.4, -0.2) is 13.6 Å². The van der Waals surface area contributed by atoms with Crippen molar-refractivity contribution < 1.29 is 4.74 Å². The van der Waals surface area contributed by atoms with Crippen LogP contribution in [0.4, 0.5) is 5.69 Å². The Morgan fingerprint density at radius 2 is 1.78 bits per heavy atom. The molecule has 0 spiro atoms. The van der Waals surface area contributed by atoms with Crippen LogP contribution in [-0.2, 0) is 0 Å². The number of rotatable bonds is 2. The predicted octanol–water partition coefficient (Wildman–Crippen LogP) is 3.16. The predicted molar refractivity (Wildman–Crippen MR) is 73.2 cm³/mol. The fourth-order valence-corrected chi connectivity index (χ4v) is 2.29. The highest BCUT2D eigenvalue weighted by Crippen LogP contribution is 2.39. The van der Waals surface area contributed by atoms with Gasteiger partial charge in [0.05, 0.1) is 11.7 Å². The summed E-state index contributed by atoms with van der Waals surface area (Å²) in [6.07, 6.45) is 0. The van der Waals surface area contributed by atoms with E-state index in [0.29, 0.717) is 0 Å². The molecule has 1 unspecified atom stereocenters. The molecule has 1 atom stereocenters. The van der Waals surface area contributed by atoms with E-state index < -0.39 is 0 Å². The lowest BCUT2D eigenvalue weighted by Gasteiger charge is -2.18. The summed E-state index contributed by atoms with van der Waals surface area (Å²) in [5, 5.41) is 6.75. The smallest absolute Gasteiger partial charge is 0.150 e. The zero-order valence-electron chi connectivity index (χ0n) is 10.3. The van der Waals surface area contributed by atoms with Crippen LogP contribution < -0.4 is 15.4 Å². The fraction of sp³-hybridized carbons (Fsp3) is 0.200. The molecule has 1 aliphatic rings. The highest BCUT2D eigenvalue weighted by molar-refractivity contribution is 5.62. The maximum Gasteiger partial charge on any atom is 0.150 e. The largest absolute Gasteiger partial charge is 0.455 e. The third kappa shape index (κ3) is 1.93. The van der Waals surface area contributed by atoms with Gasteiger partial charge in [0, 0.05) is 12.1 Å². The van der Waals surface area contributed by atoms with Gasteiger partial charge in [0.15, 0.2) is 5.75 Å². The molecule has 0 aromatic heterocycles. The molecular weight excluding hydrogens is 224 g/mol. The van der Waals surface area contributed by atoms with Crippen molar-refractivity contribution in [3.05, 3.63) is 54.1 Å². The van der Waals surface area contributed by atoms with Gasteiger partial charge >= 0.3 is 0 Å². The highest BCUT2D eigenvalue weighted by atomic mass is 16.5. The minimum absolute atomic E-state index is 0.217. The molecule has 1 aliphatic heterocycles. The molecule has 3 heteroatoms. The van der Waals surface area contributed by atoms with Crippen molar-refractivity contribution in [1.29, 1.82) is 0 Å². The standard InChI is InChI=1S/C15H16N2O/c1-16-10-13-11-6-2-4-8-14(11)18-15-9-5-3-7-12(15)17-13/h2-9,13,16-17H,10H2,1H3. The van der Waals surface area contributed by atoms with Crippen LogP contribution >= 0.6 is 0 Å². The Hall–Kier alpha value is -2.00. The van der Waals surface area contributed by atoms with Gasteiger partial charge in [-0.05, 0) is 25.2 Å². The van der Waals surface area contributed by atoms with Crippen LogP contribution in [0.5, 0.6) is 11.5 Å². The number of hydrogen-bond acceptors (Lipinski definition) is 3. The van der Waals surface area contributed by atoms with Gasteiger partial charge in [-0.1, -0.05) is 30.3 Å². The minimum atomic E-state index is 0.217. The van der Waals surface area contributed by atoms with Crippen molar-refractivity contribution in [1.82, 2.24) is 5.32 Å². The van der Waals surface area contributed by atoms with Gasteiger partial charge in [-0.15, -0.1) is 0 Å². The number of nitrogens with one attached hydrogen (secondary N) is 2. The van der Waals surface area contributed by atoms with Gasteiger partial charge in [0.1, 0.15) is 5.75 Å². The highest BCUT2D eigenvalue weighted by Gasteiger charge is 2.21. The molecule has 2 aromatic carbocycles. The Bertz CT molecular complexity index is 554. The lowest BCUT2D eigenvalue weighted by molar-refractivity contribution is 0.481. The topological polar surface area (TPSA) is 33.3 Å². The third-order valence-electron chi connectivity index (χ3n) is 3.14. The molecule has 2 aromatic rings. The lowest BCUT2D eigenvalue weighted by atomic mass is 10.1. The van der Waals surface area contributed by atoms with E-state index in [1.54, 1.807) is 0 Å². The minimum Gasteiger partial charge on any atom is -0.455 e. The van der Waals surface area contributed by atoms with Gasteiger partial charge in [-0.25, -0.2) is 0 Å². The summed E-state index contributed by atoms with van der Waals surface area (Å²) in [6.45, 7) is 0.856. The van der Waals surface area contributed by atoms with E-state index in [2.05, 4.69) is 16.7 Å². The number of fused-ring (bicyclic) bond motifs is 2. The number of hydrogen-bond donors (Lipinski definition) is 2. The van der Waals surface area contributed by atoms with Crippen molar-refractivity contribution in [2.45, 2.75) is 6.04 Å². The van der Waals surface area contributed by atoms with Gasteiger partial charge in [0.2, 0.25) is 0 Å². The molecule has 0 bridgehead atoms. The van der Waals surface area contributed by atoms with Crippen LogP contribution in [0.15, 0.2) is 48.5 Å². The maximum absolute atomic E-state index is 5.99. The molecule has 2 N–H and O–H groups in total. The summed E-state index contributed by atoms with van der Waals surface area (Å²) in [4.78, 5) is 0. The zero-order chi connectivity index (χ0) is 12.4. The van der Waals surface area contributed by atoms with E-state index in [0.717, 1.165) is 23.7 Å². The first kappa shape index (κ1) is 11.1. The first-order valence-electron chi connectivity index (χ1n) is 6.15. The SMILES string of the molecule is CNCC1Nc2ccccc2Oc2ccccc21. The molecule has 18 heavy (non-hydrogen) atoms. The maximum atomic E-state index is 5.99. The van der Waals surface area contributed by atoms with Crippen molar-refractivity contribution in [2.24, 2.45) is 0 Å². The van der Waals surface area contributed by atoms with E-state index in [-0.39, 0.29) is 6.04 Å². The van der Waals surface area contributed by atoms with Crippen molar-refractivity contribution in [3.8, 4) is 11.5 Å². The van der Waals surface area contributed by atoms with E-state index in [9.17, 15) is 0 Å². The Morgan fingerprint density at radius 1 is 1.06 bits per heavy atom. The summed E-state index contributed by atoms with van der Waals surface area (Å²) in [6, 6.07) is 16.4. The number of ether oxygens (including phenoxy) is 1. The molecule has 3 rings (SSSR count). The van der Waals surface area contributed by atoms with Gasteiger partial charge < -0.3 is 15.4 Å². The molecule has 3 nitrogen and oxygen atoms in total. The molecule has 0 radical (unpaired) electrons. The van der Waals surface area contributed by atoms with Crippen LogP contribution in [0.2, 0.25) is 0 Å². The first-order valence-corrected chi connectivity index (χ1v) is 6.15. The van der Waals surface area contributed by atoms with Crippen molar-refractivity contribution in [2.75, 3.05) is 18.9 Å². The molecule has 0 saturated carbocycles. The van der Waals surface area contributed by atoms with Crippen molar-refractivity contribution in [3.63, 3.8) is 0 Å². The second kappa shape index (κ2) is 4.70. The third-order valence-corrected chi connectivity index (χ3v) is 3.14. The first-order chi connectivity index (χ1) is 8.88. The number of para-hydroxylation sites is 3. The monoisotopic (exact) mass is 240 g/mol. The Morgan fingerprint density at radius 3 is 2.61 bits per heavy atom. The van der Waals surface area contributed by atoms with Gasteiger partial charge in [-0.3, -0.25) is 0 Å². The van der Waals surface area contributed by atoms with Gasteiger partial charge in [0.25, 0.3) is 0 Å². The average Bonchev–Trinajstić information content (AvgIpc) is 2.56. The molecule has 0 fully saturated rings. The van der Waals surface area contributed by atoms with E-state index in [1.807, 2.05) is 49.5 Å². The quantitative estimate of drug-likeness (QED) is 0.846. The number of likely N-dealkylation sites (N-methyl/N-ethyl adjacent to an activating group) is 1. The molecule has 0 amide bonds. The second-order valence-electron chi connectivity index (χ2n) is 4.39. The lowest BCUT2D eigenvalue weighted by Crippen LogP contribution is -2.23. The van der Waals surface area contributed by atoms with Crippen LogP contribution in [0.3, 0.4) is 0 Å². The fourth-order valence-electron chi connectivity index (χ4n) is 2.29. The molecule has 92 valence electrons. The second-order valence-corrected chi connectivity index (χ2v) is 4.39. The molecule has 0 saturated heterocycles. The van der Waals surface area contributed by atoms with Crippen LogP contribution in [0, 0.1) is 0 Å². The number of anilines is 1. The average molecular weight is 240 g/mol. The summed E-state index contributed by atoms with van der Waals surface area (Å²) in [5.74, 6) is 1.80. The van der Waals surface area contributed by atoms with Crippen LogP contribution in [0.25, 0.3) is 0 Å². The van der Waals surface area contributed by atoms with E-state index in [4.69, 9.17) is 4.74 Å². The number of benzene rings is 2. The van der Waals surface area contributed by atoms with Crippen LogP contribution in [0.1, 0.15) is 11.6 Å².